The third-order valence-electron chi connectivity index (χ3n) is 2.97. The largest absolute Gasteiger partial charge is 0.466 e. The van der Waals surface area contributed by atoms with Crippen LogP contribution in [-0.4, -0.2) is 51.6 Å². The molecule has 0 heterocycles. The van der Waals surface area contributed by atoms with Crippen molar-refractivity contribution in [3.05, 3.63) is 0 Å². The van der Waals surface area contributed by atoms with E-state index >= 15 is 0 Å². The molecule has 0 aliphatic heterocycles. The van der Waals surface area contributed by atoms with Crippen molar-refractivity contribution in [1.82, 2.24) is 0 Å². The van der Waals surface area contributed by atoms with E-state index in [0.717, 1.165) is 0 Å². The Morgan fingerprint density at radius 3 is 1.95 bits per heavy atom. The number of carbonyl (C=O) groups excluding carboxylic acids is 2. The van der Waals surface area contributed by atoms with Crippen LogP contribution in [0.5, 0.6) is 0 Å². The van der Waals surface area contributed by atoms with Crippen LogP contribution in [0.15, 0.2) is 0 Å². The van der Waals surface area contributed by atoms with Gasteiger partial charge in [-0.2, -0.15) is 0 Å². The molecule has 0 N–H and O–H groups in total. The Hall–Kier alpha value is -1.14. The van der Waals surface area contributed by atoms with E-state index in [1.165, 1.54) is 0 Å². The molecule has 0 radical (unpaired) electrons. The number of carbonyl (C=O) groups is 2. The van der Waals surface area contributed by atoms with Gasteiger partial charge in [0.05, 0.1) is 19.1 Å². The van der Waals surface area contributed by atoms with Gasteiger partial charge in [-0.25, -0.2) is 0 Å². The van der Waals surface area contributed by atoms with Crippen LogP contribution in [0.2, 0.25) is 0 Å². The van der Waals surface area contributed by atoms with E-state index in [1.54, 1.807) is 6.92 Å². The summed E-state index contributed by atoms with van der Waals surface area (Å²) in [6.07, 6.45) is 2.05. The topological polar surface area (TPSA) is 71.1 Å². The van der Waals surface area contributed by atoms with E-state index in [2.05, 4.69) is 0 Å². The maximum Gasteiger partial charge on any atom is 0.308 e. The molecular formula is C16H30O6. The normalized spacial score (nSPS) is 12.0. The Balaban J connectivity index is 3.58. The van der Waals surface area contributed by atoms with E-state index in [-0.39, 0.29) is 24.3 Å². The molecule has 1 unspecified atom stereocenters. The van der Waals surface area contributed by atoms with Crippen molar-refractivity contribution in [2.75, 3.05) is 39.6 Å². The van der Waals surface area contributed by atoms with Gasteiger partial charge in [0, 0.05) is 45.7 Å². The molecule has 0 fully saturated rings. The first-order valence-corrected chi connectivity index (χ1v) is 8.09. The fraction of sp³-hybridized carbons (Fsp3) is 0.875. The first kappa shape index (κ1) is 20.9. The monoisotopic (exact) mass is 318 g/mol. The molecule has 0 saturated heterocycles. The van der Waals surface area contributed by atoms with Crippen LogP contribution in [0, 0.1) is 5.92 Å². The summed E-state index contributed by atoms with van der Waals surface area (Å²) < 4.78 is 20.5. The number of ether oxygens (including phenoxy) is 4. The summed E-state index contributed by atoms with van der Waals surface area (Å²) >= 11 is 0. The maximum absolute atomic E-state index is 11.7. The van der Waals surface area contributed by atoms with E-state index in [0.29, 0.717) is 58.9 Å². The molecule has 0 aliphatic carbocycles. The summed E-state index contributed by atoms with van der Waals surface area (Å²) in [6.45, 7) is 8.82. The second-order valence-corrected chi connectivity index (χ2v) is 4.93. The Bertz CT molecular complexity index is 292. The van der Waals surface area contributed by atoms with Gasteiger partial charge in [-0.3, -0.25) is 9.59 Å². The minimum Gasteiger partial charge on any atom is -0.466 e. The van der Waals surface area contributed by atoms with Crippen molar-refractivity contribution in [2.24, 2.45) is 5.92 Å². The van der Waals surface area contributed by atoms with Gasteiger partial charge in [-0.1, -0.05) is 6.92 Å². The molecule has 0 aliphatic rings. The first-order valence-electron chi connectivity index (χ1n) is 8.09. The minimum absolute atomic E-state index is 0.226. The molecule has 0 aromatic heterocycles. The highest BCUT2D eigenvalue weighted by Crippen LogP contribution is 2.09. The van der Waals surface area contributed by atoms with Gasteiger partial charge in [0.25, 0.3) is 0 Å². The summed E-state index contributed by atoms with van der Waals surface area (Å²) in [5, 5.41) is 0. The van der Waals surface area contributed by atoms with Gasteiger partial charge in [0.1, 0.15) is 0 Å². The molecule has 6 nitrogen and oxygen atoms in total. The second-order valence-electron chi connectivity index (χ2n) is 4.93. The number of hydrogen-bond donors (Lipinski definition) is 0. The van der Waals surface area contributed by atoms with Gasteiger partial charge < -0.3 is 18.9 Å². The molecule has 22 heavy (non-hydrogen) atoms. The molecule has 0 saturated carbocycles. The molecule has 130 valence electrons. The zero-order valence-corrected chi connectivity index (χ0v) is 14.1. The maximum atomic E-state index is 11.7. The van der Waals surface area contributed by atoms with Crippen LogP contribution in [0.1, 0.15) is 46.5 Å². The molecule has 0 aromatic rings. The summed E-state index contributed by atoms with van der Waals surface area (Å²) in [5.74, 6) is -0.865. The van der Waals surface area contributed by atoms with Crippen LogP contribution in [0.25, 0.3) is 0 Å². The highest BCUT2D eigenvalue weighted by molar-refractivity contribution is 5.74. The quantitative estimate of drug-likeness (QED) is 0.362. The third-order valence-corrected chi connectivity index (χ3v) is 2.97. The Morgan fingerprint density at radius 2 is 1.41 bits per heavy atom. The number of esters is 2. The Labute approximate surface area is 133 Å². The van der Waals surface area contributed by atoms with Gasteiger partial charge in [0.2, 0.25) is 0 Å². The smallest absolute Gasteiger partial charge is 0.308 e. The number of hydrogen-bond acceptors (Lipinski definition) is 6. The average molecular weight is 318 g/mol. The standard InChI is InChI=1S/C16H30O6/c1-4-19-10-6-12-21-15(17)9-8-14(3)16(18)22-13-7-11-20-5-2/h14H,4-13H2,1-3H3. The van der Waals surface area contributed by atoms with E-state index in [9.17, 15) is 9.59 Å². The highest BCUT2D eigenvalue weighted by atomic mass is 16.5. The predicted octanol–water partition coefficient (Wildman–Crippen LogP) is 2.34. The average Bonchev–Trinajstić information content (AvgIpc) is 2.52. The minimum atomic E-state index is -0.303. The van der Waals surface area contributed by atoms with Gasteiger partial charge in [-0.15, -0.1) is 0 Å². The molecule has 0 rings (SSSR count). The molecule has 0 amide bonds. The van der Waals surface area contributed by atoms with Crippen LogP contribution < -0.4 is 0 Å². The van der Waals surface area contributed by atoms with Crippen molar-refractivity contribution >= 4 is 11.9 Å². The van der Waals surface area contributed by atoms with E-state index in [1.807, 2.05) is 13.8 Å². The lowest BCUT2D eigenvalue weighted by Gasteiger charge is -2.11. The van der Waals surface area contributed by atoms with Crippen LogP contribution in [-0.2, 0) is 28.5 Å². The Kier molecular flexibility index (Phi) is 14.0. The van der Waals surface area contributed by atoms with E-state index < -0.39 is 0 Å². The van der Waals surface area contributed by atoms with Crippen molar-refractivity contribution < 1.29 is 28.5 Å². The zero-order chi connectivity index (χ0) is 16.6. The predicted molar refractivity (Wildman–Crippen MR) is 82.5 cm³/mol. The second kappa shape index (κ2) is 14.8. The lowest BCUT2D eigenvalue weighted by atomic mass is 10.1. The van der Waals surface area contributed by atoms with Gasteiger partial charge in [0.15, 0.2) is 0 Å². The number of rotatable bonds is 14. The SMILES string of the molecule is CCOCCCOC(=O)CCC(C)C(=O)OCCCOCC. The molecule has 0 bridgehead atoms. The van der Waals surface area contributed by atoms with Crippen LogP contribution >= 0.6 is 0 Å². The van der Waals surface area contributed by atoms with Crippen molar-refractivity contribution in [1.29, 1.82) is 0 Å². The van der Waals surface area contributed by atoms with Gasteiger partial charge in [-0.05, 0) is 20.3 Å². The highest BCUT2D eigenvalue weighted by Gasteiger charge is 2.16. The van der Waals surface area contributed by atoms with Crippen LogP contribution in [0.3, 0.4) is 0 Å². The van der Waals surface area contributed by atoms with Crippen LogP contribution in [0.4, 0.5) is 0 Å². The Morgan fingerprint density at radius 1 is 0.864 bits per heavy atom. The molecule has 0 aromatic carbocycles. The molecule has 0 spiro atoms. The molecule has 6 heteroatoms. The fourth-order valence-electron chi connectivity index (χ4n) is 1.64. The molecular weight excluding hydrogens is 288 g/mol. The first-order chi connectivity index (χ1) is 10.6. The zero-order valence-electron chi connectivity index (χ0n) is 14.1. The summed E-state index contributed by atoms with van der Waals surface area (Å²) in [7, 11) is 0. The van der Waals surface area contributed by atoms with Crippen molar-refractivity contribution in [2.45, 2.75) is 46.5 Å². The van der Waals surface area contributed by atoms with E-state index in [4.69, 9.17) is 18.9 Å². The summed E-state index contributed by atoms with van der Waals surface area (Å²) in [6, 6.07) is 0. The van der Waals surface area contributed by atoms with Crippen molar-refractivity contribution in [3.8, 4) is 0 Å². The molecule has 1 atom stereocenters. The summed E-state index contributed by atoms with van der Waals surface area (Å²) in [5.41, 5.74) is 0. The van der Waals surface area contributed by atoms with Gasteiger partial charge >= 0.3 is 11.9 Å². The fourth-order valence-corrected chi connectivity index (χ4v) is 1.64. The van der Waals surface area contributed by atoms with Crippen molar-refractivity contribution in [3.63, 3.8) is 0 Å². The summed E-state index contributed by atoms with van der Waals surface area (Å²) in [4.78, 5) is 23.2. The lowest BCUT2D eigenvalue weighted by molar-refractivity contribution is -0.149. The lowest BCUT2D eigenvalue weighted by Crippen LogP contribution is -2.18. The third kappa shape index (κ3) is 12.6.